The minimum atomic E-state index is 0.0203. The summed E-state index contributed by atoms with van der Waals surface area (Å²) in [4.78, 5) is 16.9. The van der Waals surface area contributed by atoms with Crippen LogP contribution in [0.15, 0.2) is 29.6 Å². The number of methoxy groups -OCH3 is 1. The van der Waals surface area contributed by atoms with Gasteiger partial charge in [-0.3, -0.25) is 9.69 Å². The Morgan fingerprint density at radius 1 is 1.14 bits per heavy atom. The van der Waals surface area contributed by atoms with Crippen molar-refractivity contribution in [3.63, 3.8) is 0 Å². The number of ether oxygens (including phenoxy) is 1. The number of hydrogen-bond donors (Lipinski definition) is 1. The van der Waals surface area contributed by atoms with Gasteiger partial charge in [0.1, 0.15) is 6.61 Å². The molecule has 1 saturated carbocycles. The molecule has 1 aromatic carbocycles. The smallest absolute Gasteiger partial charge is 0.246 e. The lowest BCUT2D eigenvalue weighted by molar-refractivity contribution is -0.125. The van der Waals surface area contributed by atoms with Crippen LogP contribution in [-0.4, -0.2) is 63.3 Å². The van der Waals surface area contributed by atoms with E-state index in [9.17, 15) is 4.79 Å². The molecule has 2 fully saturated rings. The first-order valence-electron chi connectivity index (χ1n) is 10.9. The van der Waals surface area contributed by atoms with Gasteiger partial charge in [0.2, 0.25) is 5.91 Å². The van der Waals surface area contributed by atoms with Gasteiger partial charge in [-0.05, 0) is 68.1 Å². The predicted octanol–water partition coefficient (Wildman–Crippen LogP) is 3.73. The lowest BCUT2D eigenvalue weighted by atomic mass is 9.84. The highest BCUT2D eigenvalue weighted by Gasteiger charge is 2.24. The van der Waals surface area contributed by atoms with Crippen LogP contribution in [0.4, 0.5) is 5.69 Å². The van der Waals surface area contributed by atoms with Crippen molar-refractivity contribution in [2.45, 2.75) is 38.1 Å². The van der Waals surface area contributed by atoms with Gasteiger partial charge in [0.25, 0.3) is 0 Å². The van der Waals surface area contributed by atoms with Crippen molar-refractivity contribution in [2.24, 2.45) is 5.92 Å². The molecule has 1 saturated heterocycles. The van der Waals surface area contributed by atoms with E-state index in [1.165, 1.54) is 41.6 Å². The van der Waals surface area contributed by atoms with E-state index in [0.29, 0.717) is 6.04 Å². The average Bonchev–Trinajstić information content (AvgIpc) is 3.23. The fraction of sp³-hybridized carbons (Fsp3) is 0.609. The Morgan fingerprint density at radius 2 is 1.93 bits per heavy atom. The zero-order chi connectivity index (χ0) is 20.1. The SMILES string of the molecule is COCC(=O)N[C@H]1CC[C@H](CCN2CCN(c3cccc4sccc34)CC2)CC1. The molecule has 0 spiro atoms. The van der Waals surface area contributed by atoms with Gasteiger partial charge in [-0.15, -0.1) is 11.3 Å². The minimum absolute atomic E-state index is 0.0203. The van der Waals surface area contributed by atoms with Crippen molar-refractivity contribution in [1.82, 2.24) is 10.2 Å². The molecule has 4 rings (SSSR count). The maximum atomic E-state index is 11.7. The van der Waals surface area contributed by atoms with E-state index in [1.807, 2.05) is 11.3 Å². The summed E-state index contributed by atoms with van der Waals surface area (Å²) >= 11 is 1.83. The zero-order valence-electron chi connectivity index (χ0n) is 17.4. The molecule has 1 N–H and O–H groups in total. The van der Waals surface area contributed by atoms with Crippen LogP contribution in [0.25, 0.3) is 10.1 Å². The molecular formula is C23H33N3O2S. The number of anilines is 1. The van der Waals surface area contributed by atoms with Crippen LogP contribution >= 0.6 is 11.3 Å². The van der Waals surface area contributed by atoms with E-state index < -0.39 is 0 Å². The quantitative estimate of drug-likeness (QED) is 0.748. The summed E-state index contributed by atoms with van der Waals surface area (Å²) in [6.45, 7) is 5.93. The Morgan fingerprint density at radius 3 is 2.69 bits per heavy atom. The highest BCUT2D eigenvalue weighted by atomic mass is 32.1. The minimum Gasteiger partial charge on any atom is -0.375 e. The molecule has 0 radical (unpaired) electrons. The highest BCUT2D eigenvalue weighted by molar-refractivity contribution is 7.17. The average molecular weight is 416 g/mol. The second-order valence-corrected chi connectivity index (χ2v) is 9.39. The number of nitrogens with one attached hydrogen (secondary N) is 1. The number of piperazine rings is 1. The molecule has 0 unspecified atom stereocenters. The molecule has 5 nitrogen and oxygen atoms in total. The van der Waals surface area contributed by atoms with Gasteiger partial charge in [-0.2, -0.15) is 0 Å². The number of nitrogens with zero attached hydrogens (tertiary/aromatic N) is 2. The number of carbonyl (C=O) groups is 1. The van der Waals surface area contributed by atoms with E-state index in [4.69, 9.17) is 4.74 Å². The largest absolute Gasteiger partial charge is 0.375 e. The van der Waals surface area contributed by atoms with Crippen LogP contribution in [0.2, 0.25) is 0 Å². The Labute approximate surface area is 178 Å². The third kappa shape index (κ3) is 5.30. The van der Waals surface area contributed by atoms with Crippen LogP contribution in [0.3, 0.4) is 0 Å². The lowest BCUT2D eigenvalue weighted by Crippen LogP contribution is -2.47. The van der Waals surface area contributed by atoms with E-state index in [-0.39, 0.29) is 12.5 Å². The Balaban J connectivity index is 1.17. The molecule has 2 heterocycles. The van der Waals surface area contributed by atoms with Crippen LogP contribution in [-0.2, 0) is 9.53 Å². The van der Waals surface area contributed by atoms with E-state index in [0.717, 1.165) is 44.9 Å². The molecule has 29 heavy (non-hydrogen) atoms. The van der Waals surface area contributed by atoms with Crippen LogP contribution in [0.1, 0.15) is 32.1 Å². The molecule has 158 valence electrons. The predicted molar refractivity (Wildman–Crippen MR) is 121 cm³/mol. The van der Waals surface area contributed by atoms with Crippen molar-refractivity contribution in [3.8, 4) is 0 Å². The normalized spacial score (nSPS) is 23.4. The summed E-state index contributed by atoms with van der Waals surface area (Å²) in [6.07, 6.45) is 5.98. The molecule has 1 aliphatic carbocycles. The summed E-state index contributed by atoms with van der Waals surface area (Å²) in [6, 6.07) is 9.29. The molecular weight excluding hydrogens is 382 g/mol. The van der Waals surface area contributed by atoms with Gasteiger partial charge in [0, 0.05) is 55.1 Å². The number of carbonyl (C=O) groups excluding carboxylic acids is 1. The van der Waals surface area contributed by atoms with E-state index in [1.54, 1.807) is 7.11 Å². The molecule has 0 bridgehead atoms. The molecule has 1 amide bonds. The third-order valence-corrected chi connectivity index (χ3v) is 7.41. The lowest BCUT2D eigenvalue weighted by Gasteiger charge is -2.37. The van der Waals surface area contributed by atoms with Crippen molar-refractivity contribution in [3.05, 3.63) is 29.6 Å². The summed E-state index contributed by atoms with van der Waals surface area (Å²) in [5.41, 5.74) is 1.40. The number of benzene rings is 1. The zero-order valence-corrected chi connectivity index (χ0v) is 18.3. The summed E-state index contributed by atoms with van der Waals surface area (Å²) in [5, 5.41) is 6.70. The standard InChI is InChI=1S/C23H33N3O2S/c1-28-17-23(27)24-19-7-5-18(6-8-19)9-11-25-12-14-26(15-13-25)21-3-2-4-22-20(21)10-16-29-22/h2-4,10,16,18-19H,5-9,11-15,17H2,1H3,(H,24,27)/t18-,19-. The molecule has 2 aromatic rings. The molecule has 0 atom stereocenters. The van der Waals surface area contributed by atoms with Gasteiger partial charge in [-0.25, -0.2) is 0 Å². The maximum absolute atomic E-state index is 11.7. The van der Waals surface area contributed by atoms with Gasteiger partial charge in [0.05, 0.1) is 0 Å². The maximum Gasteiger partial charge on any atom is 0.246 e. The summed E-state index contributed by atoms with van der Waals surface area (Å²) in [5.74, 6) is 0.829. The van der Waals surface area contributed by atoms with Gasteiger partial charge in [0.15, 0.2) is 0 Å². The molecule has 6 heteroatoms. The Hall–Kier alpha value is -1.63. The molecule has 2 aliphatic rings. The van der Waals surface area contributed by atoms with Crippen molar-refractivity contribution < 1.29 is 9.53 Å². The topological polar surface area (TPSA) is 44.8 Å². The Bertz CT molecular complexity index is 792. The number of thiophene rings is 1. The first-order valence-corrected chi connectivity index (χ1v) is 11.8. The Kier molecular flexibility index (Phi) is 7.06. The number of fused-ring (bicyclic) bond motifs is 1. The fourth-order valence-electron chi connectivity index (χ4n) is 4.83. The number of amides is 1. The van der Waals surface area contributed by atoms with Crippen LogP contribution in [0, 0.1) is 5.92 Å². The molecule has 1 aromatic heterocycles. The van der Waals surface area contributed by atoms with Gasteiger partial charge in [-0.1, -0.05) is 6.07 Å². The first kappa shape index (κ1) is 20.6. The second-order valence-electron chi connectivity index (χ2n) is 8.45. The number of hydrogen-bond acceptors (Lipinski definition) is 5. The van der Waals surface area contributed by atoms with Crippen molar-refractivity contribution in [2.75, 3.05) is 51.3 Å². The second kappa shape index (κ2) is 9.92. The molecule has 1 aliphatic heterocycles. The monoisotopic (exact) mass is 415 g/mol. The summed E-state index contributed by atoms with van der Waals surface area (Å²) in [7, 11) is 1.57. The van der Waals surface area contributed by atoms with Crippen molar-refractivity contribution >= 4 is 33.0 Å². The summed E-state index contributed by atoms with van der Waals surface area (Å²) < 4.78 is 6.29. The number of rotatable bonds is 7. The van der Waals surface area contributed by atoms with Crippen molar-refractivity contribution in [1.29, 1.82) is 0 Å². The first-order chi connectivity index (χ1) is 14.2. The van der Waals surface area contributed by atoms with E-state index in [2.05, 4.69) is 44.8 Å². The highest BCUT2D eigenvalue weighted by Crippen LogP contribution is 2.31. The van der Waals surface area contributed by atoms with Crippen LogP contribution < -0.4 is 10.2 Å². The van der Waals surface area contributed by atoms with Gasteiger partial charge >= 0.3 is 0 Å². The van der Waals surface area contributed by atoms with Gasteiger partial charge < -0.3 is 15.0 Å². The van der Waals surface area contributed by atoms with Crippen LogP contribution in [0.5, 0.6) is 0 Å². The fourth-order valence-corrected chi connectivity index (χ4v) is 5.63. The van der Waals surface area contributed by atoms with E-state index >= 15 is 0 Å². The third-order valence-electron chi connectivity index (χ3n) is 6.53.